The van der Waals surface area contributed by atoms with Gasteiger partial charge in [0, 0.05) is 0 Å². The summed E-state index contributed by atoms with van der Waals surface area (Å²) in [6, 6.07) is -2.09. The molecule has 2 atom stereocenters. The minimum atomic E-state index is -2.96. The van der Waals surface area contributed by atoms with Crippen LogP contribution in [-0.4, -0.2) is 44.9 Å². The maximum absolute atomic E-state index is 10.8. The van der Waals surface area contributed by atoms with Crippen LogP contribution in [0, 0.1) is 0 Å². The van der Waals surface area contributed by atoms with Crippen molar-refractivity contribution in [2.45, 2.75) is 18.1 Å². The quantitative estimate of drug-likeness (QED) is 0.304. The molecular weight excluding hydrogens is 212 g/mol. The van der Waals surface area contributed by atoms with E-state index in [-0.39, 0.29) is 0 Å². The first-order valence-corrected chi connectivity index (χ1v) is 3.59. The van der Waals surface area contributed by atoms with Crippen LogP contribution in [0.3, 0.4) is 0 Å². The molecule has 9 nitrogen and oxygen atoms in total. The fourth-order valence-corrected chi connectivity index (χ4v) is 0.817. The van der Waals surface area contributed by atoms with Gasteiger partial charge < -0.3 is 25.9 Å². The molecule has 2 unspecified atom stereocenters. The van der Waals surface area contributed by atoms with Gasteiger partial charge in [-0.05, 0) is 0 Å². The highest BCUT2D eigenvalue weighted by molar-refractivity contribution is 5.91. The summed E-state index contributed by atoms with van der Waals surface area (Å²) in [6.45, 7) is 0. The Labute approximate surface area is 83.2 Å². The van der Waals surface area contributed by atoms with Crippen LogP contribution in [0.5, 0.6) is 0 Å². The van der Waals surface area contributed by atoms with Gasteiger partial charge in [-0.15, -0.1) is 0 Å². The first-order valence-electron chi connectivity index (χ1n) is 3.59. The molecule has 0 aliphatic heterocycles. The zero-order valence-corrected chi connectivity index (χ0v) is 7.41. The number of carboxylic acids is 2. The molecule has 9 heteroatoms. The van der Waals surface area contributed by atoms with E-state index in [4.69, 9.17) is 15.9 Å². The Kier molecular flexibility index (Phi) is 4.15. The Morgan fingerprint density at radius 1 is 1.33 bits per heavy atom. The standard InChI is InChI=1S/C6H10N2O7/c7-3(4(11)15-8)6(14,5(12)13)1-2(9)10/h3,14H,1,7-8H2,(H,9,10)(H,12,13). The molecule has 86 valence electrons. The molecule has 0 rings (SSSR count). The zero-order chi connectivity index (χ0) is 12.2. The van der Waals surface area contributed by atoms with Crippen LogP contribution in [0.25, 0.3) is 0 Å². The number of aliphatic carboxylic acids is 2. The van der Waals surface area contributed by atoms with Crippen LogP contribution in [0.2, 0.25) is 0 Å². The van der Waals surface area contributed by atoms with Crippen LogP contribution < -0.4 is 11.6 Å². The monoisotopic (exact) mass is 222 g/mol. The predicted octanol–water partition coefficient (Wildman–Crippen LogP) is -2.98. The molecule has 15 heavy (non-hydrogen) atoms. The molecule has 0 aromatic heterocycles. The molecule has 0 saturated heterocycles. The van der Waals surface area contributed by atoms with Gasteiger partial charge in [-0.2, -0.15) is 5.90 Å². The first kappa shape index (κ1) is 13.3. The number of carbonyl (C=O) groups excluding carboxylic acids is 1. The van der Waals surface area contributed by atoms with Gasteiger partial charge in [-0.3, -0.25) is 4.79 Å². The molecule has 0 heterocycles. The minimum absolute atomic E-state index is 1.25. The lowest BCUT2D eigenvalue weighted by molar-refractivity contribution is -0.174. The maximum atomic E-state index is 10.8. The van der Waals surface area contributed by atoms with E-state index in [2.05, 4.69) is 10.7 Å². The van der Waals surface area contributed by atoms with Crippen molar-refractivity contribution in [2.75, 3.05) is 0 Å². The fourth-order valence-electron chi connectivity index (χ4n) is 0.817. The van der Waals surface area contributed by atoms with E-state index < -0.39 is 36.0 Å². The molecule has 0 radical (unpaired) electrons. The topological polar surface area (TPSA) is 173 Å². The summed E-state index contributed by atoms with van der Waals surface area (Å²) >= 11 is 0. The third kappa shape index (κ3) is 2.87. The molecule has 0 amide bonds. The molecule has 0 saturated carbocycles. The summed E-state index contributed by atoms with van der Waals surface area (Å²) in [7, 11) is 0. The van der Waals surface area contributed by atoms with Crippen LogP contribution >= 0.6 is 0 Å². The summed E-state index contributed by atoms with van der Waals surface area (Å²) in [5.74, 6) is -0.604. The SMILES string of the molecule is NOC(=O)C(N)C(O)(CC(=O)O)C(=O)O. The van der Waals surface area contributed by atoms with Gasteiger partial charge in [0.05, 0.1) is 6.42 Å². The summed E-state index contributed by atoms with van der Waals surface area (Å²) < 4.78 is 0. The van der Waals surface area contributed by atoms with Crippen molar-refractivity contribution in [1.29, 1.82) is 0 Å². The number of hydrogen-bond donors (Lipinski definition) is 5. The molecule has 0 spiro atoms. The number of hydrogen-bond acceptors (Lipinski definition) is 7. The second-order valence-electron chi connectivity index (χ2n) is 2.71. The van der Waals surface area contributed by atoms with Crippen LogP contribution in [-0.2, 0) is 19.2 Å². The van der Waals surface area contributed by atoms with E-state index in [0.29, 0.717) is 0 Å². The van der Waals surface area contributed by atoms with Gasteiger partial charge in [-0.1, -0.05) is 0 Å². The fraction of sp³-hybridized carbons (Fsp3) is 0.500. The van der Waals surface area contributed by atoms with Gasteiger partial charge in [0.2, 0.25) is 0 Å². The van der Waals surface area contributed by atoms with E-state index in [1.54, 1.807) is 0 Å². The Morgan fingerprint density at radius 2 is 1.80 bits per heavy atom. The lowest BCUT2D eigenvalue weighted by atomic mass is 9.91. The lowest BCUT2D eigenvalue weighted by Gasteiger charge is -2.25. The summed E-state index contributed by atoms with van der Waals surface area (Å²) in [5.41, 5.74) is 2.05. The maximum Gasteiger partial charge on any atom is 0.345 e. The first-order chi connectivity index (χ1) is 6.75. The van der Waals surface area contributed by atoms with Gasteiger partial charge in [-0.25, -0.2) is 9.59 Å². The molecule has 0 aromatic rings. The molecule has 0 aliphatic rings. The summed E-state index contributed by atoms with van der Waals surface area (Å²) in [5, 5.41) is 26.3. The van der Waals surface area contributed by atoms with E-state index in [1.807, 2.05) is 0 Å². The van der Waals surface area contributed by atoms with Crippen molar-refractivity contribution in [1.82, 2.24) is 0 Å². The third-order valence-electron chi connectivity index (χ3n) is 1.68. The van der Waals surface area contributed by atoms with Gasteiger partial charge in [0.15, 0.2) is 5.60 Å². The molecule has 0 aromatic carbocycles. The Bertz CT molecular complexity index is 291. The highest BCUT2D eigenvalue weighted by Gasteiger charge is 2.48. The highest BCUT2D eigenvalue weighted by atomic mass is 16.7. The Balaban J connectivity index is 5.02. The smallest absolute Gasteiger partial charge is 0.345 e. The minimum Gasteiger partial charge on any atom is -0.481 e. The van der Waals surface area contributed by atoms with E-state index in [0.717, 1.165) is 0 Å². The van der Waals surface area contributed by atoms with Crippen molar-refractivity contribution in [3.8, 4) is 0 Å². The van der Waals surface area contributed by atoms with Crippen molar-refractivity contribution in [3.63, 3.8) is 0 Å². The number of carboxylic acid groups (broad SMARTS) is 2. The second-order valence-corrected chi connectivity index (χ2v) is 2.71. The number of carbonyl (C=O) groups is 3. The van der Waals surface area contributed by atoms with Crippen molar-refractivity contribution >= 4 is 17.9 Å². The summed E-state index contributed by atoms with van der Waals surface area (Å²) in [4.78, 5) is 35.2. The average molecular weight is 222 g/mol. The van der Waals surface area contributed by atoms with Crippen molar-refractivity contribution in [2.24, 2.45) is 11.6 Å². The molecular formula is C6H10N2O7. The average Bonchev–Trinajstić information content (AvgIpc) is 2.13. The molecule has 7 N–H and O–H groups in total. The van der Waals surface area contributed by atoms with Crippen molar-refractivity contribution in [3.05, 3.63) is 0 Å². The van der Waals surface area contributed by atoms with Crippen LogP contribution in [0.4, 0.5) is 0 Å². The number of rotatable bonds is 5. The van der Waals surface area contributed by atoms with Crippen molar-refractivity contribution < 1.29 is 34.5 Å². The van der Waals surface area contributed by atoms with Gasteiger partial charge in [0.25, 0.3) is 0 Å². The largest absolute Gasteiger partial charge is 0.481 e. The number of aliphatic hydroxyl groups is 1. The van der Waals surface area contributed by atoms with E-state index in [9.17, 15) is 19.5 Å². The van der Waals surface area contributed by atoms with E-state index >= 15 is 0 Å². The molecule has 0 bridgehead atoms. The van der Waals surface area contributed by atoms with E-state index in [1.165, 1.54) is 0 Å². The predicted molar refractivity (Wildman–Crippen MR) is 43.1 cm³/mol. The van der Waals surface area contributed by atoms with Gasteiger partial charge >= 0.3 is 17.9 Å². The van der Waals surface area contributed by atoms with Crippen LogP contribution in [0.15, 0.2) is 0 Å². The Hall–Kier alpha value is -1.71. The lowest BCUT2D eigenvalue weighted by Crippen LogP contribution is -2.59. The zero-order valence-electron chi connectivity index (χ0n) is 7.41. The highest BCUT2D eigenvalue weighted by Crippen LogP contribution is 2.15. The van der Waals surface area contributed by atoms with Crippen LogP contribution in [0.1, 0.15) is 6.42 Å². The van der Waals surface area contributed by atoms with Gasteiger partial charge in [0.1, 0.15) is 6.04 Å². The summed E-state index contributed by atoms with van der Waals surface area (Å²) in [6.07, 6.45) is -1.25. The number of nitrogens with two attached hydrogens (primary N) is 2. The normalized spacial score (nSPS) is 16.2. The Morgan fingerprint density at radius 3 is 2.07 bits per heavy atom. The molecule has 0 fully saturated rings. The third-order valence-corrected chi connectivity index (χ3v) is 1.68. The second kappa shape index (κ2) is 4.68. The molecule has 0 aliphatic carbocycles.